The SMILES string of the molecule is O=S(=O)(c1ccc(Cl)s1)N1CCCC1c1ccccc1. The molecular weight excluding hydrogens is 314 g/mol. The first-order valence-electron chi connectivity index (χ1n) is 6.41. The Bertz CT molecular complexity index is 697. The van der Waals surface area contributed by atoms with E-state index in [-0.39, 0.29) is 6.04 Å². The summed E-state index contributed by atoms with van der Waals surface area (Å²) in [6.07, 6.45) is 1.75. The predicted octanol–water partition coefficient (Wildman–Crippen LogP) is 3.93. The van der Waals surface area contributed by atoms with Crippen LogP contribution in [0.5, 0.6) is 0 Å². The second-order valence-corrected chi connectivity index (χ2v) is 8.58. The third-order valence-corrected chi connectivity index (χ3v) is 7.11. The monoisotopic (exact) mass is 327 g/mol. The number of hydrogen-bond donors (Lipinski definition) is 0. The third kappa shape index (κ3) is 2.51. The van der Waals surface area contributed by atoms with Gasteiger partial charge in [-0.15, -0.1) is 11.3 Å². The van der Waals surface area contributed by atoms with Crippen molar-refractivity contribution in [3.8, 4) is 0 Å². The summed E-state index contributed by atoms with van der Waals surface area (Å²) in [5.41, 5.74) is 1.05. The Hall–Kier alpha value is -0.880. The van der Waals surface area contributed by atoms with Crippen molar-refractivity contribution in [3.05, 3.63) is 52.4 Å². The van der Waals surface area contributed by atoms with Gasteiger partial charge in [-0.25, -0.2) is 8.42 Å². The number of thiophene rings is 1. The van der Waals surface area contributed by atoms with E-state index in [2.05, 4.69) is 0 Å². The van der Waals surface area contributed by atoms with Crippen molar-refractivity contribution in [2.75, 3.05) is 6.54 Å². The Morgan fingerprint density at radius 3 is 2.55 bits per heavy atom. The number of rotatable bonds is 3. The number of benzene rings is 1. The molecule has 106 valence electrons. The average Bonchev–Trinajstić information content (AvgIpc) is 3.08. The average molecular weight is 328 g/mol. The fourth-order valence-electron chi connectivity index (χ4n) is 2.59. The molecule has 1 fully saturated rings. The van der Waals surface area contributed by atoms with Gasteiger partial charge in [-0.1, -0.05) is 41.9 Å². The van der Waals surface area contributed by atoms with E-state index >= 15 is 0 Å². The van der Waals surface area contributed by atoms with Crippen molar-refractivity contribution < 1.29 is 8.42 Å². The maximum Gasteiger partial charge on any atom is 0.253 e. The molecule has 0 radical (unpaired) electrons. The van der Waals surface area contributed by atoms with Crippen molar-refractivity contribution in [2.24, 2.45) is 0 Å². The highest BCUT2D eigenvalue weighted by Gasteiger charge is 2.36. The molecule has 1 saturated heterocycles. The molecule has 1 aromatic heterocycles. The standard InChI is InChI=1S/C14H14ClNO2S2/c15-13-8-9-14(19-13)20(17,18)16-10-4-7-12(16)11-5-2-1-3-6-11/h1-3,5-6,8-9,12H,4,7,10H2. The van der Waals surface area contributed by atoms with Crippen molar-refractivity contribution in [1.82, 2.24) is 4.31 Å². The fourth-order valence-corrected chi connectivity index (χ4v) is 5.88. The molecule has 20 heavy (non-hydrogen) atoms. The second kappa shape index (κ2) is 5.48. The molecule has 0 saturated carbocycles. The molecule has 0 spiro atoms. The van der Waals surface area contributed by atoms with Crippen molar-refractivity contribution in [2.45, 2.75) is 23.1 Å². The van der Waals surface area contributed by atoms with E-state index < -0.39 is 10.0 Å². The summed E-state index contributed by atoms with van der Waals surface area (Å²) in [6, 6.07) is 13.0. The third-order valence-electron chi connectivity index (χ3n) is 3.50. The summed E-state index contributed by atoms with van der Waals surface area (Å²) in [7, 11) is -3.45. The topological polar surface area (TPSA) is 37.4 Å². The summed E-state index contributed by atoms with van der Waals surface area (Å²) in [5, 5.41) is 0. The van der Waals surface area contributed by atoms with Crippen LogP contribution in [0.4, 0.5) is 0 Å². The van der Waals surface area contributed by atoms with E-state index in [1.807, 2.05) is 30.3 Å². The van der Waals surface area contributed by atoms with Crippen LogP contribution in [0, 0.1) is 0 Å². The molecule has 1 aliphatic heterocycles. The molecule has 3 rings (SSSR count). The lowest BCUT2D eigenvalue weighted by atomic mass is 10.1. The van der Waals surface area contributed by atoms with Crippen LogP contribution in [0.1, 0.15) is 24.4 Å². The van der Waals surface area contributed by atoms with Crippen LogP contribution >= 0.6 is 22.9 Å². The molecule has 1 aromatic carbocycles. The predicted molar refractivity (Wildman–Crippen MR) is 81.6 cm³/mol. The molecule has 0 amide bonds. The van der Waals surface area contributed by atoms with Gasteiger partial charge in [0.1, 0.15) is 4.21 Å². The maximum absolute atomic E-state index is 12.7. The van der Waals surface area contributed by atoms with Crippen LogP contribution in [0.2, 0.25) is 4.34 Å². The first-order chi connectivity index (χ1) is 9.59. The molecule has 2 heterocycles. The Labute approximate surface area is 127 Å². The molecular formula is C14H14ClNO2S2. The van der Waals surface area contributed by atoms with Crippen LogP contribution in [0.25, 0.3) is 0 Å². The number of nitrogens with zero attached hydrogens (tertiary/aromatic N) is 1. The van der Waals surface area contributed by atoms with Crippen LogP contribution in [0.15, 0.2) is 46.7 Å². The molecule has 1 unspecified atom stereocenters. The largest absolute Gasteiger partial charge is 0.253 e. The highest BCUT2D eigenvalue weighted by molar-refractivity contribution is 7.91. The van der Waals surface area contributed by atoms with Gasteiger partial charge < -0.3 is 0 Å². The minimum absolute atomic E-state index is 0.0675. The normalized spacial score (nSPS) is 20.4. The lowest BCUT2D eigenvalue weighted by Gasteiger charge is -2.23. The van der Waals surface area contributed by atoms with Crippen LogP contribution in [-0.2, 0) is 10.0 Å². The van der Waals surface area contributed by atoms with Crippen molar-refractivity contribution in [1.29, 1.82) is 0 Å². The van der Waals surface area contributed by atoms with Gasteiger partial charge in [0.05, 0.1) is 10.4 Å². The second-order valence-electron chi connectivity index (χ2n) is 4.74. The zero-order valence-corrected chi connectivity index (χ0v) is 13.1. The lowest BCUT2D eigenvalue weighted by Crippen LogP contribution is -2.30. The van der Waals surface area contributed by atoms with Gasteiger partial charge in [-0.3, -0.25) is 0 Å². The number of sulfonamides is 1. The highest BCUT2D eigenvalue weighted by Crippen LogP contribution is 2.38. The maximum atomic E-state index is 12.7. The van der Waals surface area contributed by atoms with E-state index in [0.29, 0.717) is 15.1 Å². The molecule has 0 N–H and O–H groups in total. The molecule has 1 atom stereocenters. The highest BCUT2D eigenvalue weighted by atomic mass is 35.5. The minimum atomic E-state index is -3.45. The molecule has 0 bridgehead atoms. The Kier molecular flexibility index (Phi) is 3.86. The van der Waals surface area contributed by atoms with Crippen molar-refractivity contribution >= 4 is 33.0 Å². The minimum Gasteiger partial charge on any atom is -0.206 e. The zero-order valence-electron chi connectivity index (χ0n) is 10.7. The summed E-state index contributed by atoms with van der Waals surface area (Å²) in [6.45, 7) is 0.567. The van der Waals surface area contributed by atoms with Crippen LogP contribution in [0.3, 0.4) is 0 Å². The summed E-state index contributed by atoms with van der Waals surface area (Å²) < 4.78 is 27.8. The van der Waals surface area contributed by atoms with E-state index in [9.17, 15) is 8.42 Å². The van der Waals surface area contributed by atoms with Gasteiger partial charge in [0.2, 0.25) is 0 Å². The smallest absolute Gasteiger partial charge is 0.206 e. The van der Waals surface area contributed by atoms with Gasteiger partial charge in [0, 0.05) is 6.54 Å². The van der Waals surface area contributed by atoms with E-state index in [1.165, 1.54) is 0 Å². The molecule has 2 aromatic rings. The van der Waals surface area contributed by atoms with E-state index in [0.717, 1.165) is 29.7 Å². The molecule has 6 heteroatoms. The van der Waals surface area contributed by atoms with E-state index in [4.69, 9.17) is 11.6 Å². The van der Waals surface area contributed by atoms with Gasteiger partial charge in [0.15, 0.2) is 0 Å². The number of hydrogen-bond acceptors (Lipinski definition) is 3. The summed E-state index contributed by atoms with van der Waals surface area (Å²) in [4.78, 5) is 0. The van der Waals surface area contributed by atoms with Gasteiger partial charge in [0.25, 0.3) is 10.0 Å². The first kappa shape index (κ1) is 14.1. The Morgan fingerprint density at radius 2 is 1.90 bits per heavy atom. The van der Waals surface area contributed by atoms with Crippen molar-refractivity contribution in [3.63, 3.8) is 0 Å². The molecule has 1 aliphatic rings. The summed E-state index contributed by atoms with van der Waals surface area (Å²) >= 11 is 6.98. The Morgan fingerprint density at radius 1 is 1.15 bits per heavy atom. The van der Waals surface area contributed by atoms with Crippen LogP contribution < -0.4 is 0 Å². The Balaban J connectivity index is 1.97. The van der Waals surface area contributed by atoms with Gasteiger partial charge in [-0.05, 0) is 30.5 Å². The lowest BCUT2D eigenvalue weighted by molar-refractivity contribution is 0.398. The quantitative estimate of drug-likeness (QED) is 0.856. The van der Waals surface area contributed by atoms with E-state index in [1.54, 1.807) is 16.4 Å². The first-order valence-corrected chi connectivity index (χ1v) is 9.04. The van der Waals surface area contributed by atoms with Gasteiger partial charge in [-0.2, -0.15) is 4.31 Å². The molecule has 3 nitrogen and oxygen atoms in total. The summed E-state index contributed by atoms with van der Waals surface area (Å²) in [5.74, 6) is 0. The van der Waals surface area contributed by atoms with Gasteiger partial charge >= 0.3 is 0 Å². The number of halogens is 1. The zero-order chi connectivity index (χ0) is 14.2. The fraction of sp³-hybridized carbons (Fsp3) is 0.286. The van der Waals surface area contributed by atoms with Crippen LogP contribution in [-0.4, -0.2) is 19.3 Å². The molecule has 0 aliphatic carbocycles.